The molecule has 0 spiro atoms. The van der Waals surface area contributed by atoms with E-state index in [1.807, 2.05) is 26.0 Å². The highest BCUT2D eigenvalue weighted by atomic mass is 16.3. The number of aromatic amines is 1. The molecule has 0 saturated carbocycles. The van der Waals surface area contributed by atoms with Crippen LogP contribution >= 0.6 is 0 Å². The van der Waals surface area contributed by atoms with Crippen molar-refractivity contribution in [3.05, 3.63) is 29.5 Å². The molecule has 0 aliphatic carbocycles. The minimum absolute atomic E-state index is 0.330. The molecule has 0 amide bonds. The van der Waals surface area contributed by atoms with E-state index in [-0.39, 0.29) is 0 Å². The molecule has 0 fully saturated rings. The maximum atomic E-state index is 9.64. The van der Waals surface area contributed by atoms with Crippen molar-refractivity contribution < 1.29 is 5.11 Å². The largest absolute Gasteiger partial charge is 0.507 e. The Morgan fingerprint density at radius 2 is 1.87 bits per heavy atom. The Bertz CT molecular complexity index is 479. The van der Waals surface area contributed by atoms with Gasteiger partial charge in [-0.25, -0.2) is 0 Å². The number of hydrogen-bond acceptors (Lipinski definition) is 3. The molecule has 1 aromatic heterocycles. The van der Waals surface area contributed by atoms with Gasteiger partial charge in [0.25, 0.3) is 0 Å². The van der Waals surface area contributed by atoms with Crippen LogP contribution in [0.5, 0.6) is 5.75 Å². The predicted molar refractivity (Wildman–Crippen MR) is 59.6 cm³/mol. The molecule has 4 heteroatoms. The first-order valence-corrected chi connectivity index (χ1v) is 4.69. The third-order valence-electron chi connectivity index (χ3n) is 2.45. The molecule has 1 aromatic carbocycles. The summed E-state index contributed by atoms with van der Waals surface area (Å²) in [5.41, 5.74) is 9.77. The molecule has 4 N–H and O–H groups in total. The van der Waals surface area contributed by atoms with Gasteiger partial charge in [-0.3, -0.25) is 5.10 Å². The molecule has 0 radical (unpaired) electrons. The number of nitrogens with one attached hydrogen (secondary N) is 1. The Hall–Kier alpha value is -1.97. The molecule has 15 heavy (non-hydrogen) atoms. The topological polar surface area (TPSA) is 74.9 Å². The van der Waals surface area contributed by atoms with Crippen molar-refractivity contribution in [1.82, 2.24) is 10.2 Å². The summed E-state index contributed by atoms with van der Waals surface area (Å²) < 4.78 is 0. The van der Waals surface area contributed by atoms with Crippen LogP contribution in [-0.2, 0) is 0 Å². The van der Waals surface area contributed by atoms with E-state index in [4.69, 9.17) is 5.73 Å². The van der Waals surface area contributed by atoms with E-state index in [1.54, 1.807) is 6.20 Å². The van der Waals surface area contributed by atoms with Crippen LogP contribution in [0.2, 0.25) is 0 Å². The standard InChI is InChI=1S/C11H13N3O/c1-6-3-8(4-7(2)11(6)15)10-9(12)5-13-14-10/h3-5,15H,12H2,1-2H3,(H,13,14). The number of aryl methyl sites for hydroxylation is 2. The molecule has 0 saturated heterocycles. The molecule has 1 heterocycles. The van der Waals surface area contributed by atoms with Gasteiger partial charge in [0.05, 0.1) is 17.6 Å². The summed E-state index contributed by atoms with van der Waals surface area (Å²) in [6.45, 7) is 3.72. The van der Waals surface area contributed by atoms with Crippen LogP contribution in [0.15, 0.2) is 18.3 Å². The molecule has 0 aliphatic heterocycles. The number of nitrogens with two attached hydrogens (primary N) is 1. The molecule has 4 nitrogen and oxygen atoms in total. The third-order valence-corrected chi connectivity index (χ3v) is 2.45. The first-order valence-electron chi connectivity index (χ1n) is 4.69. The Labute approximate surface area is 87.7 Å². The van der Waals surface area contributed by atoms with Crippen molar-refractivity contribution in [1.29, 1.82) is 0 Å². The number of aromatic nitrogens is 2. The van der Waals surface area contributed by atoms with Crippen LogP contribution in [0.4, 0.5) is 5.69 Å². The number of aromatic hydroxyl groups is 1. The highest BCUT2D eigenvalue weighted by Crippen LogP contribution is 2.30. The second kappa shape index (κ2) is 3.31. The summed E-state index contributed by atoms with van der Waals surface area (Å²) in [6.07, 6.45) is 1.58. The Balaban J connectivity index is 2.60. The summed E-state index contributed by atoms with van der Waals surface area (Å²) in [7, 11) is 0. The minimum Gasteiger partial charge on any atom is -0.507 e. The first kappa shape index (κ1) is 9.58. The summed E-state index contributed by atoms with van der Waals surface area (Å²) in [6, 6.07) is 3.76. The number of benzene rings is 1. The van der Waals surface area contributed by atoms with E-state index in [9.17, 15) is 5.11 Å². The Morgan fingerprint density at radius 3 is 2.33 bits per heavy atom. The fourth-order valence-corrected chi connectivity index (χ4v) is 1.63. The third kappa shape index (κ3) is 1.54. The summed E-state index contributed by atoms with van der Waals surface area (Å²) in [5.74, 6) is 0.330. The van der Waals surface area contributed by atoms with Crippen LogP contribution in [-0.4, -0.2) is 15.3 Å². The molecule has 2 aromatic rings. The van der Waals surface area contributed by atoms with Crippen LogP contribution < -0.4 is 5.73 Å². The number of nitrogens with zero attached hydrogens (tertiary/aromatic N) is 1. The van der Waals surface area contributed by atoms with Crippen molar-refractivity contribution in [2.24, 2.45) is 0 Å². The lowest BCUT2D eigenvalue weighted by Crippen LogP contribution is -1.89. The molecular weight excluding hydrogens is 190 g/mol. The van der Waals surface area contributed by atoms with Crippen LogP contribution in [0.1, 0.15) is 11.1 Å². The first-order chi connectivity index (χ1) is 7.09. The minimum atomic E-state index is 0.330. The van der Waals surface area contributed by atoms with E-state index in [0.717, 1.165) is 22.4 Å². The molecule has 0 aliphatic rings. The summed E-state index contributed by atoms with van der Waals surface area (Å²) in [5, 5.41) is 16.3. The normalized spacial score (nSPS) is 10.5. The van der Waals surface area contributed by atoms with Crippen LogP contribution in [0.25, 0.3) is 11.3 Å². The molecule has 0 unspecified atom stereocenters. The van der Waals surface area contributed by atoms with Crippen LogP contribution in [0, 0.1) is 13.8 Å². The highest BCUT2D eigenvalue weighted by Gasteiger charge is 2.08. The average molecular weight is 203 g/mol. The van der Waals surface area contributed by atoms with Crippen molar-refractivity contribution in [2.75, 3.05) is 5.73 Å². The zero-order valence-corrected chi connectivity index (χ0v) is 8.70. The van der Waals surface area contributed by atoms with E-state index in [0.29, 0.717) is 11.4 Å². The summed E-state index contributed by atoms with van der Waals surface area (Å²) >= 11 is 0. The molecule has 78 valence electrons. The predicted octanol–water partition coefficient (Wildman–Crippen LogP) is 1.98. The van der Waals surface area contributed by atoms with Gasteiger partial charge in [-0.2, -0.15) is 5.10 Å². The number of anilines is 1. The van der Waals surface area contributed by atoms with E-state index in [2.05, 4.69) is 10.2 Å². The van der Waals surface area contributed by atoms with Gasteiger partial charge in [-0.05, 0) is 37.1 Å². The maximum Gasteiger partial charge on any atom is 0.121 e. The monoisotopic (exact) mass is 203 g/mol. The van der Waals surface area contributed by atoms with Gasteiger partial charge in [0.1, 0.15) is 5.75 Å². The van der Waals surface area contributed by atoms with Gasteiger partial charge in [-0.1, -0.05) is 0 Å². The number of rotatable bonds is 1. The average Bonchev–Trinajstić information content (AvgIpc) is 2.60. The number of phenolic OH excluding ortho intramolecular Hbond substituents is 1. The van der Waals surface area contributed by atoms with E-state index >= 15 is 0 Å². The van der Waals surface area contributed by atoms with E-state index < -0.39 is 0 Å². The highest BCUT2D eigenvalue weighted by molar-refractivity contribution is 5.73. The molecule has 0 atom stereocenters. The van der Waals surface area contributed by atoms with Crippen molar-refractivity contribution in [3.63, 3.8) is 0 Å². The zero-order chi connectivity index (χ0) is 11.0. The smallest absolute Gasteiger partial charge is 0.121 e. The molecule has 0 bridgehead atoms. The fraction of sp³-hybridized carbons (Fsp3) is 0.182. The number of hydrogen-bond donors (Lipinski definition) is 3. The summed E-state index contributed by atoms with van der Waals surface area (Å²) in [4.78, 5) is 0. The SMILES string of the molecule is Cc1cc(-c2[nH]ncc2N)cc(C)c1O. The molecule has 2 rings (SSSR count). The van der Waals surface area contributed by atoms with Crippen molar-refractivity contribution >= 4 is 5.69 Å². The van der Waals surface area contributed by atoms with Gasteiger partial charge < -0.3 is 10.8 Å². The number of H-pyrrole nitrogens is 1. The maximum absolute atomic E-state index is 9.64. The second-order valence-electron chi connectivity index (χ2n) is 3.66. The Morgan fingerprint density at radius 1 is 1.27 bits per heavy atom. The number of phenols is 1. The lowest BCUT2D eigenvalue weighted by atomic mass is 10.0. The van der Waals surface area contributed by atoms with Gasteiger partial charge in [0, 0.05) is 5.56 Å². The van der Waals surface area contributed by atoms with Gasteiger partial charge in [0.2, 0.25) is 0 Å². The van der Waals surface area contributed by atoms with E-state index in [1.165, 1.54) is 0 Å². The second-order valence-corrected chi connectivity index (χ2v) is 3.66. The van der Waals surface area contributed by atoms with Gasteiger partial charge >= 0.3 is 0 Å². The lowest BCUT2D eigenvalue weighted by molar-refractivity contribution is 0.467. The fourth-order valence-electron chi connectivity index (χ4n) is 1.63. The quantitative estimate of drug-likeness (QED) is 0.663. The van der Waals surface area contributed by atoms with Crippen molar-refractivity contribution in [2.45, 2.75) is 13.8 Å². The van der Waals surface area contributed by atoms with Gasteiger partial charge in [0.15, 0.2) is 0 Å². The zero-order valence-electron chi connectivity index (χ0n) is 8.70. The number of nitrogen functional groups attached to an aromatic ring is 1. The Kier molecular flexibility index (Phi) is 2.11. The van der Waals surface area contributed by atoms with Crippen LogP contribution in [0.3, 0.4) is 0 Å². The van der Waals surface area contributed by atoms with Crippen molar-refractivity contribution in [3.8, 4) is 17.0 Å². The lowest BCUT2D eigenvalue weighted by Gasteiger charge is -2.06. The molecular formula is C11H13N3O. The van der Waals surface area contributed by atoms with Gasteiger partial charge in [-0.15, -0.1) is 0 Å².